The van der Waals surface area contributed by atoms with E-state index in [4.69, 9.17) is 39.5 Å². The Morgan fingerprint density at radius 3 is 2.28 bits per heavy atom. The molecule has 2 nitrogen and oxygen atoms in total. The van der Waals surface area contributed by atoms with Crippen molar-refractivity contribution in [3.05, 3.63) is 27.2 Å². The van der Waals surface area contributed by atoms with Gasteiger partial charge in [-0.2, -0.15) is 0 Å². The van der Waals surface area contributed by atoms with Gasteiger partial charge in [-0.25, -0.2) is 0 Å². The molecule has 0 aliphatic heterocycles. The Balaban J connectivity index is 2.27. The van der Waals surface area contributed by atoms with Crippen LogP contribution in [0, 0.1) is 0 Å². The van der Waals surface area contributed by atoms with Crippen LogP contribution in [-0.2, 0) is 0 Å². The SMILES string of the molecule is CCCCNCCCOc1c(Cl)cc(Cl)cc1Cl. The number of nitrogens with one attached hydrogen (secondary N) is 1. The standard InChI is InChI=1S/C13H18Cl3NO/c1-2-3-5-17-6-4-7-18-13-11(15)8-10(14)9-12(13)16/h8-9,17H,2-7H2,1H3. The molecule has 0 aliphatic rings. The highest BCUT2D eigenvalue weighted by molar-refractivity contribution is 6.40. The third kappa shape index (κ3) is 5.66. The van der Waals surface area contributed by atoms with Crippen LogP contribution in [-0.4, -0.2) is 19.7 Å². The zero-order valence-corrected chi connectivity index (χ0v) is 12.7. The van der Waals surface area contributed by atoms with Crippen molar-refractivity contribution in [1.29, 1.82) is 0 Å². The molecule has 0 saturated carbocycles. The van der Waals surface area contributed by atoms with Crippen molar-refractivity contribution in [1.82, 2.24) is 5.32 Å². The van der Waals surface area contributed by atoms with Gasteiger partial charge in [0.15, 0.2) is 5.75 Å². The zero-order valence-electron chi connectivity index (χ0n) is 10.4. The lowest BCUT2D eigenvalue weighted by Gasteiger charge is -2.10. The fourth-order valence-electron chi connectivity index (χ4n) is 1.47. The molecule has 0 bridgehead atoms. The predicted octanol–water partition coefficient (Wildman–Crippen LogP) is 4.81. The molecular weight excluding hydrogens is 293 g/mol. The van der Waals surface area contributed by atoms with E-state index in [2.05, 4.69) is 12.2 Å². The van der Waals surface area contributed by atoms with E-state index in [0.717, 1.165) is 19.5 Å². The van der Waals surface area contributed by atoms with Crippen LogP contribution >= 0.6 is 34.8 Å². The number of hydrogen-bond donors (Lipinski definition) is 1. The van der Waals surface area contributed by atoms with Gasteiger partial charge in [-0.15, -0.1) is 0 Å². The van der Waals surface area contributed by atoms with E-state index in [0.29, 0.717) is 27.4 Å². The van der Waals surface area contributed by atoms with Crippen molar-refractivity contribution in [2.45, 2.75) is 26.2 Å². The summed E-state index contributed by atoms with van der Waals surface area (Å²) >= 11 is 17.8. The predicted molar refractivity (Wildman–Crippen MR) is 79.4 cm³/mol. The summed E-state index contributed by atoms with van der Waals surface area (Å²) in [6, 6.07) is 3.26. The van der Waals surface area contributed by atoms with Gasteiger partial charge in [0.05, 0.1) is 16.7 Å². The largest absolute Gasteiger partial charge is 0.490 e. The van der Waals surface area contributed by atoms with Gasteiger partial charge >= 0.3 is 0 Å². The lowest BCUT2D eigenvalue weighted by molar-refractivity contribution is 0.308. The van der Waals surface area contributed by atoms with E-state index in [-0.39, 0.29) is 0 Å². The summed E-state index contributed by atoms with van der Waals surface area (Å²) in [5.74, 6) is 0.510. The molecule has 18 heavy (non-hydrogen) atoms. The second-order valence-corrected chi connectivity index (χ2v) is 5.25. The Labute approximate surface area is 124 Å². The number of halogens is 3. The number of unbranched alkanes of at least 4 members (excludes halogenated alkanes) is 1. The minimum absolute atomic E-state index is 0.450. The fraction of sp³-hybridized carbons (Fsp3) is 0.538. The number of ether oxygens (including phenoxy) is 1. The molecule has 1 N–H and O–H groups in total. The monoisotopic (exact) mass is 309 g/mol. The number of rotatable bonds is 8. The van der Waals surface area contributed by atoms with Crippen LogP contribution in [0.5, 0.6) is 5.75 Å². The second-order valence-electron chi connectivity index (χ2n) is 4.00. The van der Waals surface area contributed by atoms with Gasteiger partial charge in [-0.3, -0.25) is 0 Å². The first-order chi connectivity index (χ1) is 8.65. The van der Waals surface area contributed by atoms with Gasteiger partial charge in [-0.1, -0.05) is 48.1 Å². The lowest BCUT2D eigenvalue weighted by atomic mass is 10.3. The van der Waals surface area contributed by atoms with Gasteiger partial charge < -0.3 is 10.1 Å². The normalized spacial score (nSPS) is 10.7. The number of benzene rings is 1. The van der Waals surface area contributed by atoms with Crippen LogP contribution in [0.2, 0.25) is 15.1 Å². The third-order valence-corrected chi connectivity index (χ3v) is 3.19. The first-order valence-electron chi connectivity index (χ1n) is 6.13. The van der Waals surface area contributed by atoms with Crippen molar-refractivity contribution in [2.75, 3.05) is 19.7 Å². The van der Waals surface area contributed by atoms with Gasteiger partial charge in [0.1, 0.15) is 0 Å². The molecule has 0 radical (unpaired) electrons. The summed E-state index contributed by atoms with van der Waals surface area (Å²) in [5, 5.41) is 4.76. The van der Waals surface area contributed by atoms with E-state index >= 15 is 0 Å². The highest BCUT2D eigenvalue weighted by atomic mass is 35.5. The molecule has 5 heteroatoms. The summed E-state index contributed by atoms with van der Waals surface area (Å²) in [7, 11) is 0. The molecule has 102 valence electrons. The van der Waals surface area contributed by atoms with Gasteiger partial charge in [0.25, 0.3) is 0 Å². The molecule has 0 spiro atoms. The zero-order chi connectivity index (χ0) is 13.4. The highest BCUT2D eigenvalue weighted by Crippen LogP contribution is 2.35. The maximum atomic E-state index is 6.01. The van der Waals surface area contributed by atoms with Crippen molar-refractivity contribution >= 4 is 34.8 Å². The Morgan fingerprint density at radius 1 is 1.06 bits per heavy atom. The van der Waals surface area contributed by atoms with Crippen molar-refractivity contribution in [3.63, 3.8) is 0 Å². The van der Waals surface area contributed by atoms with Gasteiger partial charge in [0.2, 0.25) is 0 Å². The first kappa shape index (κ1) is 15.9. The third-order valence-electron chi connectivity index (χ3n) is 2.41. The summed E-state index contributed by atoms with van der Waals surface area (Å²) in [6.07, 6.45) is 3.33. The molecule has 0 atom stereocenters. The van der Waals surface area contributed by atoms with Crippen molar-refractivity contribution in [3.8, 4) is 5.75 Å². The van der Waals surface area contributed by atoms with Crippen molar-refractivity contribution < 1.29 is 4.74 Å². The molecule has 0 unspecified atom stereocenters. The molecule has 0 aromatic heterocycles. The molecule has 0 amide bonds. The molecule has 0 fully saturated rings. The molecule has 0 heterocycles. The smallest absolute Gasteiger partial charge is 0.156 e. The van der Waals surface area contributed by atoms with E-state index in [1.165, 1.54) is 12.8 Å². The van der Waals surface area contributed by atoms with Crippen LogP contribution in [0.15, 0.2) is 12.1 Å². The number of hydrogen-bond acceptors (Lipinski definition) is 2. The van der Waals surface area contributed by atoms with Crippen LogP contribution in [0.25, 0.3) is 0 Å². The minimum atomic E-state index is 0.450. The van der Waals surface area contributed by atoms with Gasteiger partial charge in [-0.05, 0) is 38.1 Å². The topological polar surface area (TPSA) is 21.3 Å². The maximum Gasteiger partial charge on any atom is 0.156 e. The van der Waals surface area contributed by atoms with E-state index in [1.807, 2.05) is 0 Å². The quantitative estimate of drug-likeness (QED) is 0.696. The van der Waals surface area contributed by atoms with E-state index in [1.54, 1.807) is 12.1 Å². The molecule has 0 saturated heterocycles. The second kappa shape index (κ2) is 8.87. The Kier molecular flexibility index (Phi) is 7.84. The van der Waals surface area contributed by atoms with Crippen LogP contribution in [0.3, 0.4) is 0 Å². The minimum Gasteiger partial charge on any atom is -0.490 e. The average Bonchev–Trinajstić information content (AvgIpc) is 2.30. The van der Waals surface area contributed by atoms with Crippen LogP contribution in [0.4, 0.5) is 0 Å². The Morgan fingerprint density at radius 2 is 1.67 bits per heavy atom. The molecular formula is C13H18Cl3NO. The molecule has 1 aromatic rings. The van der Waals surface area contributed by atoms with Gasteiger partial charge in [0, 0.05) is 5.02 Å². The average molecular weight is 311 g/mol. The first-order valence-corrected chi connectivity index (χ1v) is 7.26. The van der Waals surface area contributed by atoms with Crippen LogP contribution in [0.1, 0.15) is 26.2 Å². The molecule has 1 rings (SSSR count). The van der Waals surface area contributed by atoms with E-state index in [9.17, 15) is 0 Å². The summed E-state index contributed by atoms with van der Waals surface area (Å²) in [4.78, 5) is 0. The fourth-order valence-corrected chi connectivity index (χ4v) is 2.39. The Bertz CT molecular complexity index is 348. The molecule has 0 aliphatic carbocycles. The molecule has 1 aromatic carbocycles. The summed E-state index contributed by atoms with van der Waals surface area (Å²) < 4.78 is 5.57. The summed E-state index contributed by atoms with van der Waals surface area (Å²) in [6.45, 7) is 4.75. The lowest BCUT2D eigenvalue weighted by Crippen LogP contribution is -2.18. The maximum absolute atomic E-state index is 6.01. The Hall–Kier alpha value is -0.150. The van der Waals surface area contributed by atoms with E-state index < -0.39 is 0 Å². The van der Waals surface area contributed by atoms with Crippen molar-refractivity contribution in [2.24, 2.45) is 0 Å². The highest BCUT2D eigenvalue weighted by Gasteiger charge is 2.08. The summed E-state index contributed by atoms with van der Waals surface area (Å²) in [5.41, 5.74) is 0. The van der Waals surface area contributed by atoms with Crippen LogP contribution < -0.4 is 10.1 Å².